The first kappa shape index (κ1) is 25.1. The molecular formula is C27H39FN4O. The van der Waals surface area contributed by atoms with Crippen molar-refractivity contribution in [3.63, 3.8) is 0 Å². The fourth-order valence-electron chi connectivity index (χ4n) is 4.60. The lowest BCUT2D eigenvalue weighted by atomic mass is 10.0. The van der Waals surface area contributed by atoms with Crippen molar-refractivity contribution in [3.05, 3.63) is 52.7 Å². The minimum atomic E-state index is -0.229. The Morgan fingerprint density at radius 2 is 1.67 bits per heavy atom. The zero-order chi connectivity index (χ0) is 23.6. The molecular weight excluding hydrogens is 415 g/mol. The Bertz CT molecular complexity index is 909. The van der Waals surface area contributed by atoms with E-state index in [1.54, 1.807) is 12.1 Å². The summed E-state index contributed by atoms with van der Waals surface area (Å²) in [6.45, 7) is 9.09. The minimum Gasteiger partial charge on any atom is -0.353 e. The van der Waals surface area contributed by atoms with Gasteiger partial charge in [-0.1, -0.05) is 57.6 Å². The molecule has 0 unspecified atom stereocenters. The number of piperazine rings is 1. The summed E-state index contributed by atoms with van der Waals surface area (Å²) in [6, 6.07) is 6.71. The summed E-state index contributed by atoms with van der Waals surface area (Å²) in [7, 11) is 0. The summed E-state index contributed by atoms with van der Waals surface area (Å²) in [5.41, 5.74) is 2.88. The van der Waals surface area contributed by atoms with E-state index in [4.69, 9.17) is 4.98 Å². The summed E-state index contributed by atoms with van der Waals surface area (Å²) in [6.07, 6.45) is 9.82. The van der Waals surface area contributed by atoms with Crippen molar-refractivity contribution >= 4 is 11.7 Å². The number of rotatable bonds is 11. The maximum atomic E-state index is 13.7. The molecule has 6 heteroatoms. The molecule has 0 N–H and O–H groups in total. The third-order valence-corrected chi connectivity index (χ3v) is 6.50. The van der Waals surface area contributed by atoms with Crippen molar-refractivity contribution in [1.29, 1.82) is 0 Å². The molecule has 1 fully saturated rings. The maximum Gasteiger partial charge on any atom is 0.222 e. The van der Waals surface area contributed by atoms with Gasteiger partial charge in [0.25, 0.3) is 0 Å². The SMILES string of the molecule is CCCCCCCCCC(=O)N1CCN(c2nc(C)nc(C)c2Cc2cccc(F)c2)CC1. The summed E-state index contributed by atoms with van der Waals surface area (Å²) in [5.74, 6) is 1.71. The van der Waals surface area contributed by atoms with Gasteiger partial charge < -0.3 is 9.80 Å². The van der Waals surface area contributed by atoms with Crippen LogP contribution in [0.3, 0.4) is 0 Å². The van der Waals surface area contributed by atoms with Crippen molar-refractivity contribution in [2.45, 2.75) is 78.6 Å². The second kappa shape index (κ2) is 12.7. The molecule has 1 amide bonds. The van der Waals surface area contributed by atoms with Crippen molar-refractivity contribution in [3.8, 4) is 0 Å². The van der Waals surface area contributed by atoms with E-state index >= 15 is 0 Å². The average molecular weight is 455 g/mol. The third-order valence-electron chi connectivity index (χ3n) is 6.50. The van der Waals surface area contributed by atoms with E-state index in [9.17, 15) is 9.18 Å². The predicted molar refractivity (Wildman–Crippen MR) is 132 cm³/mol. The smallest absolute Gasteiger partial charge is 0.222 e. The molecule has 3 rings (SSSR count). The molecule has 1 aromatic heterocycles. The van der Waals surface area contributed by atoms with Crippen molar-refractivity contribution in [1.82, 2.24) is 14.9 Å². The van der Waals surface area contributed by atoms with Crippen LogP contribution >= 0.6 is 0 Å². The Morgan fingerprint density at radius 3 is 2.36 bits per heavy atom. The number of aromatic nitrogens is 2. The first-order valence-electron chi connectivity index (χ1n) is 12.6. The van der Waals surface area contributed by atoms with Gasteiger partial charge in [0.2, 0.25) is 5.91 Å². The van der Waals surface area contributed by atoms with Gasteiger partial charge in [0.15, 0.2) is 0 Å². The lowest BCUT2D eigenvalue weighted by molar-refractivity contribution is -0.131. The molecule has 0 saturated carbocycles. The number of amides is 1. The summed E-state index contributed by atoms with van der Waals surface area (Å²) in [5, 5.41) is 0. The summed E-state index contributed by atoms with van der Waals surface area (Å²) < 4.78 is 13.7. The summed E-state index contributed by atoms with van der Waals surface area (Å²) >= 11 is 0. The van der Waals surface area contributed by atoms with Crippen LogP contribution in [0.2, 0.25) is 0 Å². The monoisotopic (exact) mass is 454 g/mol. The molecule has 33 heavy (non-hydrogen) atoms. The Hall–Kier alpha value is -2.50. The topological polar surface area (TPSA) is 49.3 Å². The van der Waals surface area contributed by atoms with Gasteiger partial charge in [0.05, 0.1) is 0 Å². The Labute approximate surface area is 198 Å². The molecule has 0 atom stereocenters. The van der Waals surface area contributed by atoms with Gasteiger partial charge in [-0.2, -0.15) is 0 Å². The van der Waals surface area contributed by atoms with Crippen LogP contribution in [-0.4, -0.2) is 47.0 Å². The molecule has 5 nitrogen and oxygen atoms in total. The molecule has 1 aliphatic heterocycles. The number of anilines is 1. The Balaban J connectivity index is 1.55. The normalized spacial score (nSPS) is 14.1. The van der Waals surface area contributed by atoms with Crippen LogP contribution in [0.25, 0.3) is 0 Å². The van der Waals surface area contributed by atoms with Crippen molar-refractivity contribution in [2.75, 3.05) is 31.1 Å². The molecule has 0 aliphatic carbocycles. The Kier molecular flexibility index (Phi) is 9.64. The molecule has 0 spiro atoms. The molecule has 2 aromatic rings. The van der Waals surface area contributed by atoms with E-state index in [1.165, 1.54) is 38.2 Å². The van der Waals surface area contributed by atoms with Gasteiger partial charge in [0, 0.05) is 50.3 Å². The zero-order valence-electron chi connectivity index (χ0n) is 20.6. The molecule has 180 valence electrons. The van der Waals surface area contributed by atoms with Crippen LogP contribution in [0.15, 0.2) is 24.3 Å². The van der Waals surface area contributed by atoms with E-state index in [0.717, 1.165) is 67.5 Å². The number of unbranched alkanes of at least 4 members (excludes halogenated alkanes) is 6. The average Bonchev–Trinajstić information content (AvgIpc) is 2.80. The molecule has 0 bridgehead atoms. The lowest BCUT2D eigenvalue weighted by Gasteiger charge is -2.36. The van der Waals surface area contributed by atoms with Gasteiger partial charge in [-0.3, -0.25) is 4.79 Å². The molecule has 0 radical (unpaired) electrons. The highest BCUT2D eigenvalue weighted by molar-refractivity contribution is 5.76. The largest absolute Gasteiger partial charge is 0.353 e. The first-order chi connectivity index (χ1) is 16.0. The fraction of sp³-hybridized carbons (Fsp3) is 0.593. The van der Waals surface area contributed by atoms with Crippen molar-refractivity contribution in [2.24, 2.45) is 0 Å². The van der Waals surface area contributed by atoms with Gasteiger partial charge in [0.1, 0.15) is 17.5 Å². The third kappa shape index (κ3) is 7.51. The second-order valence-corrected chi connectivity index (χ2v) is 9.20. The fourth-order valence-corrected chi connectivity index (χ4v) is 4.60. The van der Waals surface area contributed by atoms with E-state index < -0.39 is 0 Å². The molecule has 2 heterocycles. The van der Waals surface area contributed by atoms with E-state index in [2.05, 4.69) is 16.8 Å². The second-order valence-electron chi connectivity index (χ2n) is 9.20. The summed E-state index contributed by atoms with van der Waals surface area (Å²) in [4.78, 5) is 26.2. The number of carbonyl (C=O) groups is 1. The van der Waals surface area contributed by atoms with E-state index in [1.807, 2.05) is 24.8 Å². The number of hydrogen-bond donors (Lipinski definition) is 0. The first-order valence-corrected chi connectivity index (χ1v) is 12.6. The molecule has 1 aromatic carbocycles. The van der Waals surface area contributed by atoms with Crippen LogP contribution < -0.4 is 4.90 Å². The van der Waals surface area contributed by atoms with Crippen LogP contribution in [-0.2, 0) is 11.2 Å². The predicted octanol–water partition coefficient (Wildman–Crippen LogP) is 5.61. The number of carbonyl (C=O) groups excluding carboxylic acids is 1. The van der Waals surface area contributed by atoms with Crippen LogP contribution in [0.5, 0.6) is 0 Å². The quantitative estimate of drug-likeness (QED) is 0.414. The molecule has 1 saturated heterocycles. The van der Waals surface area contributed by atoms with E-state index in [0.29, 0.717) is 12.8 Å². The van der Waals surface area contributed by atoms with Crippen LogP contribution in [0.4, 0.5) is 10.2 Å². The maximum absolute atomic E-state index is 13.7. The number of halogens is 1. The van der Waals surface area contributed by atoms with Crippen LogP contribution in [0, 0.1) is 19.7 Å². The number of nitrogens with zero attached hydrogens (tertiary/aromatic N) is 4. The lowest BCUT2D eigenvalue weighted by Crippen LogP contribution is -2.49. The molecule has 1 aliphatic rings. The van der Waals surface area contributed by atoms with Gasteiger partial charge in [-0.25, -0.2) is 14.4 Å². The van der Waals surface area contributed by atoms with Gasteiger partial charge in [-0.05, 0) is 38.0 Å². The van der Waals surface area contributed by atoms with Gasteiger partial charge >= 0.3 is 0 Å². The standard InChI is InChI=1S/C27H39FN4O/c1-4-5-6-7-8-9-10-14-26(33)31-15-17-32(18-16-31)27-25(21(2)29-22(3)30-27)20-23-12-11-13-24(28)19-23/h11-13,19H,4-10,14-18,20H2,1-3H3. The highest BCUT2D eigenvalue weighted by atomic mass is 19.1. The zero-order valence-corrected chi connectivity index (χ0v) is 20.6. The number of benzene rings is 1. The van der Waals surface area contributed by atoms with Crippen LogP contribution in [0.1, 0.15) is 80.9 Å². The Morgan fingerprint density at radius 1 is 0.970 bits per heavy atom. The van der Waals surface area contributed by atoms with E-state index in [-0.39, 0.29) is 11.7 Å². The van der Waals surface area contributed by atoms with Crippen molar-refractivity contribution < 1.29 is 9.18 Å². The number of hydrogen-bond acceptors (Lipinski definition) is 4. The highest BCUT2D eigenvalue weighted by Gasteiger charge is 2.24. The minimum absolute atomic E-state index is 0.229. The highest BCUT2D eigenvalue weighted by Crippen LogP contribution is 2.25. The number of aryl methyl sites for hydroxylation is 2. The van der Waals surface area contributed by atoms with Gasteiger partial charge in [-0.15, -0.1) is 0 Å².